The van der Waals surface area contributed by atoms with Crippen LogP contribution < -0.4 is 0 Å². The van der Waals surface area contributed by atoms with Gasteiger partial charge in [-0.2, -0.15) is 24.9 Å². The maximum Gasteiger partial charge on any atom is 0.391 e. The number of carbonyl (C=O) groups is 1. The van der Waals surface area contributed by atoms with E-state index in [0.717, 1.165) is 0 Å². The van der Waals surface area contributed by atoms with E-state index in [0.29, 0.717) is 18.6 Å². The molecule has 0 aromatic heterocycles. The maximum absolute atomic E-state index is 12.3. The van der Waals surface area contributed by atoms with E-state index in [1.54, 1.807) is 0 Å². The molecule has 1 saturated carbocycles. The minimum atomic E-state index is -4.08. The van der Waals surface area contributed by atoms with Crippen LogP contribution in [-0.4, -0.2) is 24.0 Å². The zero-order chi connectivity index (χ0) is 11.5. The van der Waals surface area contributed by atoms with Crippen LogP contribution in [0.4, 0.5) is 13.2 Å². The monoisotopic (exact) mass is 240 g/mol. The van der Waals surface area contributed by atoms with Crippen molar-refractivity contribution in [3.8, 4) is 0 Å². The lowest BCUT2D eigenvalue weighted by Gasteiger charge is -2.28. The molecule has 0 atom stereocenters. The van der Waals surface area contributed by atoms with Gasteiger partial charge in [-0.05, 0) is 31.9 Å². The minimum Gasteiger partial charge on any atom is -0.298 e. The Labute approximate surface area is 91.8 Å². The van der Waals surface area contributed by atoms with Gasteiger partial charge in [0.15, 0.2) is 0 Å². The molecular weight excluding hydrogens is 225 g/mol. The first-order chi connectivity index (χ1) is 6.95. The van der Waals surface area contributed by atoms with Gasteiger partial charge in [-0.3, -0.25) is 4.79 Å². The average molecular weight is 240 g/mol. The van der Waals surface area contributed by atoms with Crippen LogP contribution in [0.25, 0.3) is 0 Å². The van der Waals surface area contributed by atoms with E-state index in [1.807, 2.05) is 6.26 Å². The summed E-state index contributed by atoms with van der Waals surface area (Å²) in [6.07, 6.45) is -1.19. The van der Waals surface area contributed by atoms with Crippen molar-refractivity contribution in [2.75, 3.05) is 12.0 Å². The molecule has 0 N–H and O–H groups in total. The summed E-state index contributed by atoms with van der Waals surface area (Å²) in [7, 11) is 0. The normalized spacial score (nSPS) is 27.7. The second kappa shape index (κ2) is 5.23. The lowest BCUT2D eigenvalue weighted by Crippen LogP contribution is -2.30. The van der Waals surface area contributed by atoms with Crippen molar-refractivity contribution >= 4 is 17.5 Å². The number of ketones is 1. The quantitative estimate of drug-likeness (QED) is 0.753. The Kier molecular flexibility index (Phi) is 4.49. The van der Waals surface area contributed by atoms with Gasteiger partial charge in [-0.15, -0.1) is 0 Å². The molecule has 1 nitrogen and oxygen atoms in total. The Morgan fingerprint density at radius 3 is 2.20 bits per heavy atom. The van der Waals surface area contributed by atoms with Gasteiger partial charge >= 0.3 is 6.18 Å². The number of Topliss-reactive ketones (excluding diaryl/α,β-unsaturated/α-hetero) is 1. The summed E-state index contributed by atoms with van der Waals surface area (Å²) in [5.41, 5.74) is 0. The lowest BCUT2D eigenvalue weighted by molar-refractivity contribution is -0.184. The number of halogens is 3. The molecule has 0 aromatic carbocycles. The average Bonchev–Trinajstić information content (AvgIpc) is 2.17. The predicted octanol–water partition coefficient (Wildman–Crippen LogP) is 3.29. The third-order valence-electron chi connectivity index (χ3n) is 2.93. The Hall–Kier alpha value is -0.190. The van der Waals surface area contributed by atoms with Crippen LogP contribution in [0, 0.1) is 11.8 Å². The number of alkyl halides is 3. The molecule has 0 aliphatic heterocycles. The zero-order valence-corrected chi connectivity index (χ0v) is 9.46. The van der Waals surface area contributed by atoms with Crippen LogP contribution in [0.1, 0.15) is 25.7 Å². The Balaban J connectivity index is 2.39. The number of hydrogen-bond acceptors (Lipinski definition) is 2. The SMILES string of the molecule is CSCC(=O)C1CCC(C(F)(F)F)CC1. The molecule has 5 heteroatoms. The number of thioether (sulfide) groups is 1. The van der Waals surface area contributed by atoms with Crippen LogP contribution in [0.15, 0.2) is 0 Å². The molecule has 0 unspecified atom stereocenters. The molecule has 0 radical (unpaired) electrons. The summed E-state index contributed by atoms with van der Waals surface area (Å²) in [4.78, 5) is 11.5. The number of carbonyl (C=O) groups excluding carboxylic acids is 1. The molecule has 1 aliphatic rings. The molecule has 1 aliphatic carbocycles. The van der Waals surface area contributed by atoms with E-state index in [4.69, 9.17) is 0 Å². The van der Waals surface area contributed by atoms with E-state index < -0.39 is 12.1 Å². The zero-order valence-electron chi connectivity index (χ0n) is 8.64. The highest BCUT2D eigenvalue weighted by atomic mass is 32.2. The van der Waals surface area contributed by atoms with Gasteiger partial charge in [0.05, 0.1) is 11.7 Å². The summed E-state index contributed by atoms with van der Waals surface area (Å²) >= 11 is 1.44. The Bertz CT molecular complexity index is 219. The highest BCUT2D eigenvalue weighted by Crippen LogP contribution is 2.39. The lowest BCUT2D eigenvalue weighted by atomic mass is 9.80. The standard InChI is InChI=1S/C10H15F3OS/c1-15-6-9(14)7-2-4-8(5-3-7)10(11,12)13/h7-8H,2-6H2,1H3. The molecule has 15 heavy (non-hydrogen) atoms. The minimum absolute atomic E-state index is 0.114. The van der Waals surface area contributed by atoms with Gasteiger partial charge in [0.1, 0.15) is 5.78 Å². The first kappa shape index (κ1) is 12.9. The summed E-state index contributed by atoms with van der Waals surface area (Å²) in [5.74, 6) is -0.767. The van der Waals surface area contributed by atoms with Crippen LogP contribution >= 0.6 is 11.8 Å². The molecule has 0 amide bonds. The molecule has 0 spiro atoms. The van der Waals surface area contributed by atoms with E-state index in [1.165, 1.54) is 11.8 Å². The van der Waals surface area contributed by atoms with Gasteiger partial charge in [-0.25, -0.2) is 0 Å². The first-order valence-electron chi connectivity index (χ1n) is 5.03. The topological polar surface area (TPSA) is 17.1 Å². The van der Waals surface area contributed by atoms with E-state index in [2.05, 4.69) is 0 Å². The van der Waals surface area contributed by atoms with Crippen LogP contribution in [0.3, 0.4) is 0 Å². The fraction of sp³-hybridized carbons (Fsp3) is 0.900. The van der Waals surface area contributed by atoms with Crippen molar-refractivity contribution in [3.05, 3.63) is 0 Å². The molecule has 1 rings (SSSR count). The molecule has 0 heterocycles. The highest BCUT2D eigenvalue weighted by molar-refractivity contribution is 7.99. The smallest absolute Gasteiger partial charge is 0.298 e. The van der Waals surface area contributed by atoms with E-state index in [-0.39, 0.29) is 24.5 Å². The van der Waals surface area contributed by atoms with E-state index >= 15 is 0 Å². The van der Waals surface area contributed by atoms with Crippen LogP contribution in [0.2, 0.25) is 0 Å². The Morgan fingerprint density at radius 2 is 1.80 bits per heavy atom. The summed E-state index contributed by atoms with van der Waals surface area (Å²) in [6, 6.07) is 0. The third-order valence-corrected chi connectivity index (χ3v) is 3.51. The van der Waals surface area contributed by atoms with Crippen LogP contribution in [0.5, 0.6) is 0 Å². The second-order valence-corrected chi connectivity index (χ2v) is 4.86. The molecule has 0 saturated heterocycles. The van der Waals surface area contributed by atoms with Crippen molar-refractivity contribution in [1.29, 1.82) is 0 Å². The molecular formula is C10H15F3OS. The molecule has 0 aromatic rings. The number of rotatable bonds is 3. The maximum atomic E-state index is 12.3. The predicted molar refractivity (Wildman–Crippen MR) is 54.9 cm³/mol. The summed E-state index contributed by atoms with van der Waals surface area (Å²) in [5, 5.41) is 0. The molecule has 1 fully saturated rings. The Morgan fingerprint density at radius 1 is 1.27 bits per heavy atom. The van der Waals surface area contributed by atoms with Gasteiger partial charge in [0.25, 0.3) is 0 Å². The van der Waals surface area contributed by atoms with Gasteiger partial charge in [0, 0.05) is 5.92 Å². The van der Waals surface area contributed by atoms with E-state index in [9.17, 15) is 18.0 Å². The van der Waals surface area contributed by atoms with Gasteiger partial charge in [-0.1, -0.05) is 0 Å². The largest absolute Gasteiger partial charge is 0.391 e. The van der Waals surface area contributed by atoms with Crippen molar-refractivity contribution in [2.24, 2.45) is 11.8 Å². The number of hydrogen-bond donors (Lipinski definition) is 0. The van der Waals surface area contributed by atoms with Crippen molar-refractivity contribution < 1.29 is 18.0 Å². The van der Waals surface area contributed by atoms with Crippen molar-refractivity contribution in [2.45, 2.75) is 31.9 Å². The highest BCUT2D eigenvalue weighted by Gasteiger charge is 2.42. The fourth-order valence-electron chi connectivity index (χ4n) is 2.00. The summed E-state index contributed by atoms with van der Waals surface area (Å²) < 4.78 is 37.0. The van der Waals surface area contributed by atoms with Gasteiger partial charge < -0.3 is 0 Å². The summed E-state index contributed by atoms with van der Waals surface area (Å²) in [6.45, 7) is 0. The molecule has 0 bridgehead atoms. The van der Waals surface area contributed by atoms with Crippen molar-refractivity contribution in [1.82, 2.24) is 0 Å². The molecule has 88 valence electrons. The third kappa shape index (κ3) is 3.70. The van der Waals surface area contributed by atoms with Crippen LogP contribution in [-0.2, 0) is 4.79 Å². The fourth-order valence-corrected chi connectivity index (χ4v) is 2.52. The first-order valence-corrected chi connectivity index (χ1v) is 6.43. The van der Waals surface area contributed by atoms with Gasteiger partial charge in [0.2, 0.25) is 0 Å². The van der Waals surface area contributed by atoms with Crippen molar-refractivity contribution in [3.63, 3.8) is 0 Å². The second-order valence-electron chi connectivity index (χ2n) is 3.99.